The summed E-state index contributed by atoms with van der Waals surface area (Å²) in [4.78, 5) is 9.05. The monoisotopic (exact) mass is 338 g/mol. The predicted octanol–water partition coefficient (Wildman–Crippen LogP) is 2.90. The van der Waals surface area contributed by atoms with Crippen molar-refractivity contribution in [3.05, 3.63) is 34.5 Å². The molecule has 1 aliphatic heterocycles. The third-order valence-electron chi connectivity index (χ3n) is 4.83. The van der Waals surface area contributed by atoms with Gasteiger partial charge in [0.05, 0.1) is 11.7 Å². The Kier molecular flexibility index (Phi) is 4.14. The number of H-pyrrole nitrogens is 1. The molecule has 2 N–H and O–H groups in total. The molecule has 0 aromatic carbocycles. The molecule has 25 heavy (non-hydrogen) atoms. The first-order valence-corrected chi connectivity index (χ1v) is 8.84. The van der Waals surface area contributed by atoms with Crippen LogP contribution in [0.25, 0.3) is 0 Å². The topological polar surface area (TPSA) is 99.5 Å². The lowest BCUT2D eigenvalue weighted by Crippen LogP contribution is -2.20. The molecule has 0 spiro atoms. The summed E-state index contributed by atoms with van der Waals surface area (Å²) < 4.78 is 6.11. The van der Waals surface area contributed by atoms with E-state index in [-0.39, 0.29) is 12.2 Å². The van der Waals surface area contributed by atoms with E-state index in [1.807, 2.05) is 19.9 Å². The van der Waals surface area contributed by atoms with Crippen molar-refractivity contribution in [3.63, 3.8) is 0 Å². The van der Waals surface area contributed by atoms with E-state index >= 15 is 0 Å². The fourth-order valence-electron chi connectivity index (χ4n) is 3.33. The quantitative estimate of drug-likeness (QED) is 0.869. The third-order valence-corrected chi connectivity index (χ3v) is 4.83. The van der Waals surface area contributed by atoms with Gasteiger partial charge in [0, 0.05) is 18.2 Å². The van der Waals surface area contributed by atoms with E-state index in [0.717, 1.165) is 35.7 Å². The van der Waals surface area contributed by atoms with Gasteiger partial charge in [-0.1, -0.05) is 0 Å². The van der Waals surface area contributed by atoms with Gasteiger partial charge in [-0.2, -0.15) is 10.4 Å². The highest BCUT2D eigenvalue weighted by Gasteiger charge is 2.32. The van der Waals surface area contributed by atoms with Crippen LogP contribution in [0.4, 0.5) is 5.82 Å². The van der Waals surface area contributed by atoms with Crippen LogP contribution in [0.15, 0.2) is 6.07 Å². The number of nitriles is 1. The number of ether oxygens (including phenoxy) is 1. The number of rotatable bonds is 5. The Bertz CT molecular complexity index is 819. The van der Waals surface area contributed by atoms with Gasteiger partial charge < -0.3 is 10.1 Å². The molecule has 0 radical (unpaired) electrons. The normalized spacial score (nSPS) is 22.8. The molecule has 2 aromatic heterocycles. The third kappa shape index (κ3) is 3.35. The second kappa shape index (κ2) is 6.45. The first kappa shape index (κ1) is 16.0. The number of nitrogens with one attached hydrogen (secondary N) is 2. The summed E-state index contributed by atoms with van der Waals surface area (Å²) in [6, 6.07) is 4.16. The lowest BCUT2D eigenvalue weighted by molar-refractivity contribution is 0.0471. The summed E-state index contributed by atoms with van der Waals surface area (Å²) in [7, 11) is 0. The standard InChI is InChI=1S/C18H22N6O/c1-10-7-11(2)21-17(14(10)8-19)20-9-13-5-6-15(25-13)18-22-16(23-24-18)12-3-4-12/h7,12-13,15H,3-6,9H2,1-2H3,(H,20,21)(H,22,23,24)/t13-,15+/m1/s1. The van der Waals surface area contributed by atoms with E-state index in [1.165, 1.54) is 12.8 Å². The van der Waals surface area contributed by atoms with Crippen LogP contribution in [-0.4, -0.2) is 32.8 Å². The van der Waals surface area contributed by atoms with Gasteiger partial charge in [0.25, 0.3) is 0 Å². The summed E-state index contributed by atoms with van der Waals surface area (Å²) in [5.41, 5.74) is 2.44. The molecule has 2 atom stereocenters. The van der Waals surface area contributed by atoms with Gasteiger partial charge in [0.2, 0.25) is 0 Å². The molecule has 1 saturated heterocycles. The van der Waals surface area contributed by atoms with Gasteiger partial charge in [0.1, 0.15) is 18.0 Å². The van der Waals surface area contributed by atoms with Crippen molar-refractivity contribution in [3.8, 4) is 6.07 Å². The van der Waals surface area contributed by atoms with Crippen molar-refractivity contribution in [2.75, 3.05) is 11.9 Å². The van der Waals surface area contributed by atoms with Crippen molar-refractivity contribution >= 4 is 5.82 Å². The highest BCUT2D eigenvalue weighted by molar-refractivity contribution is 5.56. The minimum absolute atomic E-state index is 0.0190. The molecule has 1 saturated carbocycles. The Labute approximate surface area is 146 Å². The Hall–Kier alpha value is -2.46. The summed E-state index contributed by atoms with van der Waals surface area (Å²) in [6.07, 6.45) is 4.32. The van der Waals surface area contributed by atoms with E-state index < -0.39 is 0 Å². The zero-order valence-corrected chi connectivity index (χ0v) is 14.5. The van der Waals surface area contributed by atoms with Crippen molar-refractivity contribution in [1.29, 1.82) is 5.26 Å². The summed E-state index contributed by atoms with van der Waals surface area (Å²) in [6.45, 7) is 4.50. The van der Waals surface area contributed by atoms with Crippen molar-refractivity contribution < 1.29 is 4.74 Å². The molecule has 3 heterocycles. The number of anilines is 1. The lowest BCUT2D eigenvalue weighted by Gasteiger charge is -2.15. The van der Waals surface area contributed by atoms with E-state index in [2.05, 4.69) is 31.6 Å². The molecule has 7 nitrogen and oxygen atoms in total. The minimum atomic E-state index is -0.0190. The molecule has 1 aliphatic carbocycles. The van der Waals surface area contributed by atoms with Crippen LogP contribution in [0.3, 0.4) is 0 Å². The van der Waals surface area contributed by atoms with E-state index in [4.69, 9.17) is 4.74 Å². The molecule has 130 valence electrons. The number of hydrogen-bond acceptors (Lipinski definition) is 6. The van der Waals surface area contributed by atoms with Crippen molar-refractivity contribution in [1.82, 2.24) is 20.2 Å². The smallest absolute Gasteiger partial charge is 0.153 e. The fraction of sp³-hybridized carbons (Fsp3) is 0.556. The Morgan fingerprint density at radius 2 is 2.12 bits per heavy atom. The Balaban J connectivity index is 1.37. The van der Waals surface area contributed by atoms with Gasteiger partial charge >= 0.3 is 0 Å². The first-order chi connectivity index (χ1) is 12.1. The molecule has 2 fully saturated rings. The number of aromatic amines is 1. The fourth-order valence-corrected chi connectivity index (χ4v) is 3.33. The second-order valence-corrected chi connectivity index (χ2v) is 6.97. The number of aryl methyl sites for hydroxylation is 2. The lowest BCUT2D eigenvalue weighted by atomic mass is 10.1. The number of hydrogen-bond donors (Lipinski definition) is 2. The molecular formula is C18H22N6O. The maximum absolute atomic E-state index is 9.34. The maximum Gasteiger partial charge on any atom is 0.153 e. The van der Waals surface area contributed by atoms with Crippen LogP contribution in [0.2, 0.25) is 0 Å². The molecular weight excluding hydrogens is 316 g/mol. The second-order valence-electron chi connectivity index (χ2n) is 6.97. The van der Waals surface area contributed by atoms with Crippen LogP contribution in [0.5, 0.6) is 0 Å². The molecule has 0 unspecified atom stereocenters. The van der Waals surface area contributed by atoms with Crippen molar-refractivity contribution in [2.24, 2.45) is 0 Å². The predicted molar refractivity (Wildman–Crippen MR) is 92.1 cm³/mol. The summed E-state index contributed by atoms with van der Waals surface area (Å²) in [5, 5.41) is 20.0. The minimum Gasteiger partial charge on any atom is -0.366 e. The Morgan fingerprint density at radius 1 is 1.28 bits per heavy atom. The molecule has 0 bridgehead atoms. The first-order valence-electron chi connectivity index (χ1n) is 8.84. The number of aromatic nitrogens is 4. The largest absolute Gasteiger partial charge is 0.366 e. The highest BCUT2D eigenvalue weighted by atomic mass is 16.5. The van der Waals surface area contributed by atoms with E-state index in [9.17, 15) is 5.26 Å². The van der Waals surface area contributed by atoms with E-state index in [0.29, 0.717) is 23.8 Å². The van der Waals surface area contributed by atoms with Crippen LogP contribution in [0, 0.1) is 25.2 Å². The van der Waals surface area contributed by atoms with Crippen LogP contribution in [0.1, 0.15) is 66.2 Å². The van der Waals surface area contributed by atoms with Crippen LogP contribution < -0.4 is 5.32 Å². The average Bonchev–Trinajstić information content (AvgIpc) is 3.13. The molecule has 4 rings (SSSR count). The van der Waals surface area contributed by atoms with E-state index in [1.54, 1.807) is 0 Å². The van der Waals surface area contributed by atoms with Crippen molar-refractivity contribution in [2.45, 2.75) is 57.7 Å². The summed E-state index contributed by atoms with van der Waals surface area (Å²) in [5.74, 6) is 2.96. The molecule has 2 aromatic rings. The Morgan fingerprint density at radius 3 is 2.88 bits per heavy atom. The van der Waals surface area contributed by atoms with Gasteiger partial charge in [-0.05, 0) is 51.2 Å². The van der Waals surface area contributed by atoms with Gasteiger partial charge in [-0.3, -0.25) is 5.10 Å². The number of pyridine rings is 1. The highest BCUT2D eigenvalue weighted by Crippen LogP contribution is 2.39. The maximum atomic E-state index is 9.34. The van der Waals surface area contributed by atoms with Crippen LogP contribution >= 0.6 is 0 Å². The van der Waals surface area contributed by atoms with Gasteiger partial charge in [0.15, 0.2) is 11.6 Å². The van der Waals surface area contributed by atoms with Crippen LogP contribution in [-0.2, 0) is 4.74 Å². The zero-order chi connectivity index (χ0) is 17.4. The molecule has 2 aliphatic rings. The van der Waals surface area contributed by atoms with Gasteiger partial charge in [-0.25, -0.2) is 9.97 Å². The summed E-state index contributed by atoms with van der Waals surface area (Å²) >= 11 is 0. The average molecular weight is 338 g/mol. The van der Waals surface area contributed by atoms with Gasteiger partial charge in [-0.15, -0.1) is 0 Å². The SMILES string of the molecule is Cc1cc(C)c(C#N)c(NC[C@H]2CC[C@@H](c3nc(C4CC4)n[nH]3)O2)n1. The number of nitrogens with zero attached hydrogens (tertiary/aromatic N) is 4. The molecule has 0 amide bonds. The zero-order valence-electron chi connectivity index (χ0n) is 14.5. The molecule has 7 heteroatoms.